The Kier molecular flexibility index (Phi) is 3.88. The van der Waals surface area contributed by atoms with Gasteiger partial charge in [-0.25, -0.2) is 21.6 Å². The van der Waals surface area contributed by atoms with Gasteiger partial charge in [0.25, 0.3) is 0 Å². The molecule has 0 bridgehead atoms. The highest BCUT2D eigenvalue weighted by Crippen LogP contribution is 2.24. The number of hydrogen-bond acceptors (Lipinski definition) is 5. The monoisotopic (exact) mass is 300 g/mol. The van der Waals surface area contributed by atoms with E-state index >= 15 is 0 Å². The van der Waals surface area contributed by atoms with Crippen molar-refractivity contribution in [3.05, 3.63) is 0 Å². The third-order valence-electron chi connectivity index (χ3n) is 2.76. The van der Waals surface area contributed by atoms with Crippen LogP contribution in [-0.2, 0) is 19.9 Å². The van der Waals surface area contributed by atoms with Crippen LogP contribution in [0.15, 0.2) is 0 Å². The van der Waals surface area contributed by atoms with Crippen LogP contribution < -0.4 is 10.5 Å². The Labute approximate surface area is 107 Å². The molecule has 3 N–H and O–H groups in total. The van der Waals surface area contributed by atoms with Gasteiger partial charge in [0, 0.05) is 5.54 Å². The van der Waals surface area contributed by atoms with E-state index in [2.05, 4.69) is 16.9 Å². The number of sulfonamides is 1. The van der Waals surface area contributed by atoms with Gasteiger partial charge in [0.2, 0.25) is 10.0 Å². The van der Waals surface area contributed by atoms with Crippen LogP contribution in [0.3, 0.4) is 0 Å². The molecule has 100 valence electrons. The van der Waals surface area contributed by atoms with Gasteiger partial charge in [-0.1, -0.05) is 12.2 Å². The van der Waals surface area contributed by atoms with Gasteiger partial charge in [-0.3, -0.25) is 0 Å². The molecule has 0 aromatic heterocycles. The zero-order valence-electron chi connectivity index (χ0n) is 9.63. The third kappa shape index (κ3) is 3.60. The molecule has 0 aromatic carbocycles. The first-order chi connectivity index (χ1) is 7.48. The van der Waals surface area contributed by atoms with Crippen LogP contribution >= 0.6 is 12.2 Å². The molecular formula is C8H16N2O4S3. The van der Waals surface area contributed by atoms with Gasteiger partial charge in [0.1, 0.15) is 5.25 Å². The van der Waals surface area contributed by atoms with E-state index in [-0.39, 0.29) is 22.9 Å². The second-order valence-corrected chi connectivity index (χ2v) is 9.25. The molecule has 1 fully saturated rings. The minimum Gasteiger partial charge on any atom is -0.392 e. The Bertz CT molecular complexity index is 525. The van der Waals surface area contributed by atoms with Gasteiger partial charge in [0.15, 0.2) is 9.84 Å². The number of thiocarbonyl (C=S) groups is 1. The van der Waals surface area contributed by atoms with E-state index in [1.54, 1.807) is 6.92 Å². The summed E-state index contributed by atoms with van der Waals surface area (Å²) in [6.07, 6.45) is 0.263. The van der Waals surface area contributed by atoms with Crippen molar-refractivity contribution in [2.45, 2.75) is 31.1 Å². The van der Waals surface area contributed by atoms with Crippen molar-refractivity contribution in [1.29, 1.82) is 0 Å². The van der Waals surface area contributed by atoms with Gasteiger partial charge in [-0.2, -0.15) is 0 Å². The van der Waals surface area contributed by atoms with Gasteiger partial charge < -0.3 is 5.73 Å². The first-order valence-electron chi connectivity index (χ1n) is 5.00. The lowest BCUT2D eigenvalue weighted by atomic mass is 10.0. The highest BCUT2D eigenvalue weighted by molar-refractivity contribution is 7.93. The minimum atomic E-state index is -3.73. The summed E-state index contributed by atoms with van der Waals surface area (Å²) in [5.41, 5.74) is 4.33. The Morgan fingerprint density at radius 3 is 2.41 bits per heavy atom. The minimum absolute atomic E-state index is 0.00648. The molecule has 1 rings (SSSR count). The fraction of sp³-hybridized carbons (Fsp3) is 0.875. The van der Waals surface area contributed by atoms with E-state index in [0.29, 0.717) is 0 Å². The maximum atomic E-state index is 11.9. The lowest BCUT2D eigenvalue weighted by Gasteiger charge is -2.25. The summed E-state index contributed by atoms with van der Waals surface area (Å²) in [5.74, 6) is -0.198. The standard InChI is InChI=1S/C8H16N2O4S3/c1-6(7(9)15)17(13,14)10-8(2)3-4-16(11,12)5-8/h6,10H,3-5H2,1-2H3,(H2,9,15). The van der Waals surface area contributed by atoms with E-state index in [1.807, 2.05) is 0 Å². The van der Waals surface area contributed by atoms with Crippen LogP contribution in [0.4, 0.5) is 0 Å². The molecule has 0 aromatic rings. The predicted molar refractivity (Wildman–Crippen MR) is 70.0 cm³/mol. The second kappa shape index (κ2) is 4.45. The van der Waals surface area contributed by atoms with Gasteiger partial charge in [-0.15, -0.1) is 0 Å². The average Bonchev–Trinajstić information content (AvgIpc) is 2.37. The zero-order chi connectivity index (χ0) is 13.5. The number of rotatable bonds is 4. The molecule has 0 saturated carbocycles. The smallest absolute Gasteiger partial charge is 0.221 e. The van der Waals surface area contributed by atoms with Crippen LogP contribution in [0.5, 0.6) is 0 Å². The number of nitrogens with one attached hydrogen (secondary N) is 1. The van der Waals surface area contributed by atoms with Crippen molar-refractivity contribution in [1.82, 2.24) is 4.72 Å². The van der Waals surface area contributed by atoms with E-state index in [0.717, 1.165) is 0 Å². The maximum absolute atomic E-state index is 11.9. The van der Waals surface area contributed by atoms with Crippen LogP contribution in [-0.4, -0.2) is 44.1 Å². The summed E-state index contributed by atoms with van der Waals surface area (Å²) in [4.78, 5) is -0.137. The molecule has 6 nitrogen and oxygen atoms in total. The van der Waals surface area contributed by atoms with Crippen LogP contribution in [0, 0.1) is 0 Å². The third-order valence-corrected chi connectivity index (χ3v) is 7.13. The summed E-state index contributed by atoms with van der Waals surface area (Å²) >= 11 is 4.63. The maximum Gasteiger partial charge on any atom is 0.221 e. The lowest BCUT2D eigenvalue weighted by Crippen LogP contribution is -2.51. The molecule has 17 heavy (non-hydrogen) atoms. The fourth-order valence-corrected chi connectivity index (χ4v) is 5.58. The molecule has 9 heteroatoms. The van der Waals surface area contributed by atoms with Crippen LogP contribution in [0.2, 0.25) is 0 Å². The molecule has 0 amide bonds. The second-order valence-electron chi connectivity index (χ2n) is 4.59. The van der Waals surface area contributed by atoms with E-state index in [9.17, 15) is 16.8 Å². The molecule has 0 aliphatic carbocycles. The lowest BCUT2D eigenvalue weighted by molar-refractivity contribution is 0.460. The van der Waals surface area contributed by atoms with E-state index < -0.39 is 30.6 Å². The topological polar surface area (TPSA) is 106 Å². The van der Waals surface area contributed by atoms with Crippen molar-refractivity contribution in [2.24, 2.45) is 5.73 Å². The largest absolute Gasteiger partial charge is 0.392 e. The Morgan fingerprint density at radius 1 is 1.53 bits per heavy atom. The van der Waals surface area contributed by atoms with Crippen molar-refractivity contribution in [3.8, 4) is 0 Å². The van der Waals surface area contributed by atoms with Crippen molar-refractivity contribution in [3.63, 3.8) is 0 Å². The Hall–Kier alpha value is -0.250. The van der Waals surface area contributed by atoms with Gasteiger partial charge >= 0.3 is 0 Å². The number of sulfone groups is 1. The molecule has 2 unspecified atom stereocenters. The summed E-state index contributed by atoms with van der Waals surface area (Å²) in [6.45, 7) is 2.94. The predicted octanol–water partition coefficient (Wildman–Crippen LogP) is -0.842. The molecule has 1 heterocycles. The summed E-state index contributed by atoms with van der Waals surface area (Å²) in [6, 6.07) is 0. The molecule has 0 radical (unpaired) electrons. The van der Waals surface area contributed by atoms with Crippen molar-refractivity contribution < 1.29 is 16.8 Å². The normalized spacial score (nSPS) is 30.0. The zero-order valence-corrected chi connectivity index (χ0v) is 12.1. The summed E-state index contributed by atoms with van der Waals surface area (Å²) < 4.78 is 48.8. The Balaban J connectivity index is 2.90. The molecule has 1 aliphatic rings. The average molecular weight is 300 g/mol. The molecule has 1 aliphatic heterocycles. The van der Waals surface area contributed by atoms with Gasteiger partial charge in [-0.05, 0) is 20.3 Å². The molecule has 0 spiro atoms. The fourth-order valence-electron chi connectivity index (χ4n) is 1.68. The highest BCUT2D eigenvalue weighted by atomic mass is 32.2. The molecule has 2 atom stereocenters. The summed E-state index contributed by atoms with van der Waals surface area (Å²) in [5, 5.41) is -1.02. The van der Waals surface area contributed by atoms with E-state index in [1.165, 1.54) is 6.92 Å². The quantitative estimate of drug-likeness (QED) is 0.656. The van der Waals surface area contributed by atoms with Gasteiger partial charge in [0.05, 0.1) is 16.5 Å². The van der Waals surface area contributed by atoms with Crippen molar-refractivity contribution in [2.75, 3.05) is 11.5 Å². The first kappa shape index (κ1) is 14.8. The molecular weight excluding hydrogens is 284 g/mol. The number of hydrogen-bond donors (Lipinski definition) is 2. The SMILES string of the molecule is CC(C(N)=S)S(=O)(=O)NC1(C)CCS(=O)(=O)C1. The highest BCUT2D eigenvalue weighted by Gasteiger charge is 2.42. The number of nitrogens with two attached hydrogens (primary N) is 1. The van der Waals surface area contributed by atoms with Crippen LogP contribution in [0.1, 0.15) is 20.3 Å². The first-order valence-corrected chi connectivity index (χ1v) is 8.78. The van der Waals surface area contributed by atoms with Crippen LogP contribution in [0.25, 0.3) is 0 Å². The van der Waals surface area contributed by atoms with Crippen molar-refractivity contribution >= 4 is 37.1 Å². The van der Waals surface area contributed by atoms with E-state index in [4.69, 9.17) is 5.73 Å². The Morgan fingerprint density at radius 2 is 2.06 bits per heavy atom. The summed E-state index contributed by atoms with van der Waals surface area (Å²) in [7, 11) is -6.90. The molecule has 1 saturated heterocycles.